The highest BCUT2D eigenvalue weighted by Gasteiger charge is 2.73. The smallest absolute Gasteiger partial charge is 0.129 e. The van der Waals surface area contributed by atoms with Crippen LogP contribution in [0.5, 0.6) is 0 Å². The van der Waals surface area contributed by atoms with Gasteiger partial charge >= 0.3 is 0 Å². The summed E-state index contributed by atoms with van der Waals surface area (Å²) >= 11 is 12.8. The van der Waals surface area contributed by atoms with Crippen molar-refractivity contribution < 1.29 is 9.47 Å². The molecule has 0 aliphatic carbocycles. The third-order valence-electron chi connectivity index (χ3n) is 5.82. The van der Waals surface area contributed by atoms with Gasteiger partial charge in [-0.25, -0.2) is 0 Å². The van der Waals surface area contributed by atoms with E-state index in [1.54, 1.807) is 0 Å². The second kappa shape index (κ2) is 7.93. The van der Waals surface area contributed by atoms with Gasteiger partial charge in [0.25, 0.3) is 0 Å². The molecule has 5 unspecified atom stereocenters. The molecule has 0 aromatic heterocycles. The molecule has 4 rings (SSSR count). The maximum Gasteiger partial charge on any atom is 0.129 e. The summed E-state index contributed by atoms with van der Waals surface area (Å²) in [7, 11) is 0. The molecule has 0 bridgehead atoms. The lowest BCUT2D eigenvalue weighted by Crippen LogP contribution is -2.68. The van der Waals surface area contributed by atoms with E-state index in [0.29, 0.717) is 9.83 Å². The number of hydrogen-bond donors (Lipinski definition) is 0. The standard InChI is InChI=1S/C18H30O2S6/c1-13-25-14(15(2)19-7-5-9-21-15)18(26-13,16(3)20-8-12-22-16)17(4)23-10-6-11-24-17/h13-14H,5-12H2,1-4H3. The fraction of sp³-hybridized carbons (Fsp3) is 1.00. The highest BCUT2D eigenvalue weighted by atomic mass is 32.2. The lowest BCUT2D eigenvalue weighted by molar-refractivity contribution is -0.0138. The van der Waals surface area contributed by atoms with Crippen molar-refractivity contribution >= 4 is 70.6 Å². The Hall–Kier alpha value is 2.02. The van der Waals surface area contributed by atoms with Gasteiger partial charge in [-0.1, -0.05) is 0 Å². The molecule has 4 saturated heterocycles. The summed E-state index contributed by atoms with van der Waals surface area (Å²) < 4.78 is 13.9. The van der Waals surface area contributed by atoms with E-state index in [0.717, 1.165) is 19.0 Å². The first-order chi connectivity index (χ1) is 12.4. The van der Waals surface area contributed by atoms with Crippen LogP contribution in [-0.4, -0.2) is 64.7 Å². The van der Waals surface area contributed by atoms with Crippen LogP contribution in [0.25, 0.3) is 0 Å². The maximum absolute atomic E-state index is 6.60. The van der Waals surface area contributed by atoms with Gasteiger partial charge in [-0.05, 0) is 57.8 Å². The lowest BCUT2D eigenvalue weighted by atomic mass is 9.89. The Morgan fingerprint density at radius 3 is 2.15 bits per heavy atom. The molecule has 0 amide bonds. The van der Waals surface area contributed by atoms with Crippen LogP contribution in [0.1, 0.15) is 40.5 Å². The topological polar surface area (TPSA) is 18.5 Å². The third-order valence-corrected chi connectivity index (χ3v) is 16.5. The highest BCUT2D eigenvalue weighted by Crippen LogP contribution is 2.73. The van der Waals surface area contributed by atoms with E-state index >= 15 is 0 Å². The molecule has 0 aromatic rings. The minimum Gasteiger partial charge on any atom is -0.363 e. The molecule has 4 heterocycles. The molecule has 4 aliphatic rings. The molecule has 0 aromatic carbocycles. The number of ether oxygens (including phenoxy) is 2. The van der Waals surface area contributed by atoms with Gasteiger partial charge < -0.3 is 9.47 Å². The third kappa shape index (κ3) is 3.32. The van der Waals surface area contributed by atoms with Crippen LogP contribution in [0.2, 0.25) is 0 Å². The zero-order valence-corrected chi connectivity index (χ0v) is 21.0. The molecule has 150 valence electrons. The van der Waals surface area contributed by atoms with Gasteiger partial charge in [-0.2, -0.15) is 0 Å². The SMILES string of the molecule is CC1SC(C2(C)OCCCS2)C(C2(C)OCCS2)(C2(C)SCCCS2)S1. The Bertz CT molecular complexity index is 514. The van der Waals surface area contributed by atoms with Gasteiger partial charge in [0.1, 0.15) is 9.87 Å². The van der Waals surface area contributed by atoms with E-state index in [9.17, 15) is 0 Å². The Balaban J connectivity index is 1.82. The monoisotopic (exact) mass is 470 g/mol. The summed E-state index contributed by atoms with van der Waals surface area (Å²) in [5.74, 6) is 4.86. The summed E-state index contributed by atoms with van der Waals surface area (Å²) in [5.41, 5.74) is 0. The Morgan fingerprint density at radius 2 is 1.54 bits per heavy atom. The van der Waals surface area contributed by atoms with Crippen LogP contribution in [0.3, 0.4) is 0 Å². The fourth-order valence-electron chi connectivity index (χ4n) is 4.61. The van der Waals surface area contributed by atoms with E-state index in [1.807, 2.05) is 11.8 Å². The molecule has 0 radical (unpaired) electrons. The minimum atomic E-state index is -0.156. The molecule has 26 heavy (non-hydrogen) atoms. The van der Waals surface area contributed by atoms with Crippen molar-refractivity contribution in [3.63, 3.8) is 0 Å². The lowest BCUT2D eigenvalue weighted by Gasteiger charge is -2.59. The van der Waals surface area contributed by atoms with Crippen LogP contribution in [0.4, 0.5) is 0 Å². The van der Waals surface area contributed by atoms with E-state index in [4.69, 9.17) is 9.47 Å². The first kappa shape index (κ1) is 21.3. The van der Waals surface area contributed by atoms with Crippen molar-refractivity contribution in [2.24, 2.45) is 0 Å². The molecule has 0 saturated carbocycles. The van der Waals surface area contributed by atoms with E-state index in [1.165, 1.54) is 30.1 Å². The second-order valence-corrected chi connectivity index (χ2v) is 17.2. The quantitative estimate of drug-likeness (QED) is 0.504. The molecular weight excluding hydrogens is 441 g/mol. The average Bonchev–Trinajstić information content (AvgIpc) is 3.22. The Labute approximate surface area is 184 Å². The Kier molecular flexibility index (Phi) is 6.49. The van der Waals surface area contributed by atoms with Gasteiger partial charge in [0.15, 0.2) is 0 Å². The van der Waals surface area contributed by atoms with Gasteiger partial charge in [-0.15, -0.1) is 70.6 Å². The van der Waals surface area contributed by atoms with Crippen molar-refractivity contribution in [2.45, 2.75) is 69.1 Å². The molecule has 0 N–H and O–H groups in total. The first-order valence-electron chi connectivity index (χ1n) is 9.52. The molecule has 8 heteroatoms. The zero-order valence-electron chi connectivity index (χ0n) is 16.1. The van der Waals surface area contributed by atoms with E-state index in [2.05, 4.69) is 86.5 Å². The molecule has 4 aliphatic heterocycles. The summed E-state index contributed by atoms with van der Waals surface area (Å²) in [5, 5.41) is 0.430. The van der Waals surface area contributed by atoms with E-state index in [-0.39, 0.29) is 18.7 Å². The maximum atomic E-state index is 6.60. The number of rotatable bonds is 3. The van der Waals surface area contributed by atoms with Crippen molar-refractivity contribution in [3.8, 4) is 0 Å². The molecular formula is C18H30O2S6. The van der Waals surface area contributed by atoms with Crippen molar-refractivity contribution in [2.75, 3.05) is 36.2 Å². The van der Waals surface area contributed by atoms with Gasteiger partial charge in [0.2, 0.25) is 0 Å². The van der Waals surface area contributed by atoms with Crippen LogP contribution in [0.15, 0.2) is 0 Å². The van der Waals surface area contributed by atoms with Crippen molar-refractivity contribution in [3.05, 3.63) is 0 Å². The summed E-state index contributed by atoms with van der Waals surface area (Å²) in [4.78, 5) is -0.283. The van der Waals surface area contributed by atoms with E-state index < -0.39 is 0 Å². The van der Waals surface area contributed by atoms with Gasteiger partial charge in [-0.3, -0.25) is 0 Å². The van der Waals surface area contributed by atoms with Crippen LogP contribution < -0.4 is 0 Å². The van der Waals surface area contributed by atoms with Crippen LogP contribution >= 0.6 is 70.6 Å². The van der Waals surface area contributed by atoms with Crippen LogP contribution in [0, 0.1) is 0 Å². The fourth-order valence-corrected chi connectivity index (χ4v) is 16.3. The molecule has 4 fully saturated rings. The van der Waals surface area contributed by atoms with Crippen LogP contribution in [-0.2, 0) is 9.47 Å². The minimum absolute atomic E-state index is 0.0279. The first-order valence-corrected chi connectivity index (χ1v) is 15.3. The molecule has 0 spiro atoms. The zero-order chi connectivity index (χ0) is 18.5. The summed E-state index contributed by atoms with van der Waals surface area (Å²) in [6, 6.07) is 0. The summed E-state index contributed by atoms with van der Waals surface area (Å²) in [6.07, 6.45) is 2.50. The van der Waals surface area contributed by atoms with Crippen molar-refractivity contribution in [1.82, 2.24) is 0 Å². The predicted molar refractivity (Wildman–Crippen MR) is 127 cm³/mol. The largest absolute Gasteiger partial charge is 0.363 e. The molecule has 2 nitrogen and oxygen atoms in total. The predicted octanol–water partition coefficient (Wildman–Crippen LogP) is 5.86. The number of hydrogen-bond acceptors (Lipinski definition) is 8. The summed E-state index contributed by atoms with van der Waals surface area (Å²) in [6.45, 7) is 11.5. The van der Waals surface area contributed by atoms with Gasteiger partial charge in [0, 0.05) is 16.9 Å². The highest BCUT2D eigenvalue weighted by molar-refractivity contribution is 8.25. The van der Waals surface area contributed by atoms with Crippen molar-refractivity contribution in [1.29, 1.82) is 0 Å². The molecule has 5 atom stereocenters. The van der Waals surface area contributed by atoms with Gasteiger partial charge in [0.05, 0.1) is 20.7 Å². The second-order valence-electron chi connectivity index (χ2n) is 7.64. The number of thioether (sulfide) groups is 6. The normalized spacial score (nSPS) is 49.4. The Morgan fingerprint density at radius 1 is 0.808 bits per heavy atom. The average molecular weight is 471 g/mol.